The van der Waals surface area contributed by atoms with Crippen molar-refractivity contribution in [3.05, 3.63) is 71.2 Å². The molecule has 0 fully saturated rings. The van der Waals surface area contributed by atoms with Gasteiger partial charge in [0.1, 0.15) is 0 Å². The highest BCUT2D eigenvalue weighted by atomic mass is 79.9. The van der Waals surface area contributed by atoms with Gasteiger partial charge >= 0.3 is 0 Å². The van der Waals surface area contributed by atoms with Crippen molar-refractivity contribution in [3.63, 3.8) is 0 Å². The van der Waals surface area contributed by atoms with E-state index < -0.39 is 0 Å². The van der Waals surface area contributed by atoms with Crippen LogP contribution in [0.15, 0.2) is 65.7 Å². The van der Waals surface area contributed by atoms with Crippen molar-refractivity contribution in [3.8, 4) is 11.4 Å². The zero-order chi connectivity index (χ0) is 15.4. The van der Waals surface area contributed by atoms with Crippen LogP contribution in [0.4, 0.5) is 5.69 Å². The van der Waals surface area contributed by atoms with Crippen molar-refractivity contribution >= 4 is 27.5 Å². The molecule has 108 valence electrons. The maximum Gasteiger partial charge on any atom is 0.257 e. The first-order chi connectivity index (χ1) is 10.7. The van der Waals surface area contributed by atoms with E-state index in [-0.39, 0.29) is 5.91 Å². The Morgan fingerprint density at radius 1 is 1.00 bits per heavy atom. The fourth-order valence-corrected chi connectivity index (χ4v) is 2.23. The monoisotopic (exact) mass is 354 g/mol. The van der Waals surface area contributed by atoms with E-state index in [0.29, 0.717) is 17.1 Å². The van der Waals surface area contributed by atoms with E-state index in [0.717, 1.165) is 10.0 Å². The number of hydrogen-bond donors (Lipinski definition) is 1. The number of pyridine rings is 1. The van der Waals surface area contributed by atoms with Gasteiger partial charge in [0.25, 0.3) is 5.91 Å². The van der Waals surface area contributed by atoms with Gasteiger partial charge in [-0.2, -0.15) is 0 Å². The molecule has 0 spiro atoms. The van der Waals surface area contributed by atoms with Crippen LogP contribution in [0.1, 0.15) is 10.4 Å². The number of nitrogens with one attached hydrogen (secondary N) is 1. The van der Waals surface area contributed by atoms with Crippen molar-refractivity contribution in [2.24, 2.45) is 0 Å². The van der Waals surface area contributed by atoms with Crippen molar-refractivity contribution in [2.45, 2.75) is 0 Å². The maximum atomic E-state index is 12.1. The van der Waals surface area contributed by atoms with Crippen LogP contribution in [-0.4, -0.2) is 20.9 Å². The molecule has 6 heteroatoms. The molecule has 0 aliphatic rings. The number of anilines is 1. The van der Waals surface area contributed by atoms with Crippen LogP contribution in [-0.2, 0) is 0 Å². The molecular formula is C16H11BrN4O. The molecule has 0 aliphatic carbocycles. The van der Waals surface area contributed by atoms with Gasteiger partial charge in [0, 0.05) is 22.4 Å². The highest BCUT2D eigenvalue weighted by molar-refractivity contribution is 9.10. The molecule has 0 saturated heterocycles. The molecule has 22 heavy (non-hydrogen) atoms. The van der Waals surface area contributed by atoms with E-state index in [1.807, 2.05) is 30.3 Å². The zero-order valence-corrected chi connectivity index (χ0v) is 13.0. The second-order valence-electron chi connectivity index (χ2n) is 4.51. The molecule has 0 unspecified atom stereocenters. The molecule has 0 radical (unpaired) electrons. The highest BCUT2D eigenvalue weighted by Gasteiger charge is 2.08. The van der Waals surface area contributed by atoms with Gasteiger partial charge in [0.2, 0.25) is 0 Å². The third-order valence-electron chi connectivity index (χ3n) is 2.91. The third-order valence-corrected chi connectivity index (χ3v) is 3.34. The lowest BCUT2D eigenvalue weighted by Gasteiger charge is -2.05. The Bertz CT molecular complexity index is 791. The Balaban J connectivity index is 1.75. The molecule has 0 saturated carbocycles. The van der Waals surface area contributed by atoms with Crippen LogP contribution in [0, 0.1) is 0 Å². The van der Waals surface area contributed by atoms with Crippen molar-refractivity contribution < 1.29 is 4.79 Å². The summed E-state index contributed by atoms with van der Waals surface area (Å²) in [6, 6.07) is 11.3. The first kappa shape index (κ1) is 14.3. The maximum absolute atomic E-state index is 12.1. The summed E-state index contributed by atoms with van der Waals surface area (Å²) in [5, 5.41) is 2.74. The van der Waals surface area contributed by atoms with Crippen LogP contribution < -0.4 is 5.32 Å². The normalized spacial score (nSPS) is 10.2. The van der Waals surface area contributed by atoms with Gasteiger partial charge in [-0.3, -0.25) is 9.78 Å². The molecule has 1 aromatic carbocycles. The topological polar surface area (TPSA) is 67.8 Å². The number of nitrogens with zero attached hydrogens (tertiary/aromatic N) is 3. The molecule has 2 aromatic heterocycles. The standard InChI is InChI=1S/C16H11BrN4O/c17-13-6-12(7-18-8-13)16(22)21-14-9-19-15(20-10-14)11-4-2-1-3-5-11/h1-10H,(H,21,22). The number of carbonyl (C=O) groups excluding carboxylic acids is 1. The quantitative estimate of drug-likeness (QED) is 0.780. The first-order valence-corrected chi connectivity index (χ1v) is 7.31. The summed E-state index contributed by atoms with van der Waals surface area (Å²) in [5.74, 6) is 0.354. The van der Waals surface area contributed by atoms with E-state index in [4.69, 9.17) is 0 Å². The van der Waals surface area contributed by atoms with Gasteiger partial charge in [0.15, 0.2) is 5.82 Å². The molecule has 2 heterocycles. The molecule has 0 bridgehead atoms. The molecular weight excluding hydrogens is 344 g/mol. The summed E-state index contributed by atoms with van der Waals surface area (Å²) in [5.41, 5.74) is 1.92. The van der Waals surface area contributed by atoms with Crippen molar-refractivity contribution in [1.82, 2.24) is 15.0 Å². The number of hydrogen-bond acceptors (Lipinski definition) is 4. The summed E-state index contributed by atoms with van der Waals surface area (Å²) in [7, 11) is 0. The summed E-state index contributed by atoms with van der Waals surface area (Å²) in [4.78, 5) is 24.6. The Morgan fingerprint density at radius 3 is 2.41 bits per heavy atom. The highest BCUT2D eigenvalue weighted by Crippen LogP contribution is 2.16. The number of benzene rings is 1. The smallest absolute Gasteiger partial charge is 0.257 e. The molecule has 1 amide bonds. The Kier molecular flexibility index (Phi) is 4.20. The summed E-state index contributed by atoms with van der Waals surface area (Å²) < 4.78 is 0.746. The van der Waals surface area contributed by atoms with Gasteiger partial charge < -0.3 is 5.32 Å². The number of rotatable bonds is 3. The molecule has 5 nitrogen and oxygen atoms in total. The Hall–Kier alpha value is -2.60. The Morgan fingerprint density at radius 2 is 1.73 bits per heavy atom. The van der Waals surface area contributed by atoms with E-state index in [9.17, 15) is 4.79 Å². The SMILES string of the molecule is O=C(Nc1cnc(-c2ccccc2)nc1)c1cncc(Br)c1. The van der Waals surface area contributed by atoms with Gasteiger partial charge in [-0.25, -0.2) is 9.97 Å². The van der Waals surface area contributed by atoms with Gasteiger partial charge in [-0.15, -0.1) is 0 Å². The van der Waals surface area contributed by atoms with Crippen LogP contribution in [0.2, 0.25) is 0 Å². The van der Waals surface area contributed by atoms with Crippen LogP contribution in [0.3, 0.4) is 0 Å². The van der Waals surface area contributed by atoms with Gasteiger partial charge in [-0.05, 0) is 22.0 Å². The number of aromatic nitrogens is 3. The van der Waals surface area contributed by atoms with Crippen LogP contribution in [0.25, 0.3) is 11.4 Å². The number of carbonyl (C=O) groups is 1. The van der Waals surface area contributed by atoms with Crippen molar-refractivity contribution in [2.75, 3.05) is 5.32 Å². The fourth-order valence-electron chi connectivity index (χ4n) is 1.87. The zero-order valence-electron chi connectivity index (χ0n) is 11.4. The largest absolute Gasteiger partial charge is 0.319 e. The van der Waals surface area contributed by atoms with E-state index >= 15 is 0 Å². The first-order valence-electron chi connectivity index (χ1n) is 6.52. The summed E-state index contributed by atoms with van der Waals surface area (Å²) in [6.45, 7) is 0. The second-order valence-corrected chi connectivity index (χ2v) is 5.42. The van der Waals surface area contributed by atoms with Crippen LogP contribution in [0.5, 0.6) is 0 Å². The van der Waals surface area contributed by atoms with E-state index in [1.165, 1.54) is 6.20 Å². The number of halogens is 1. The molecule has 0 atom stereocenters. The third kappa shape index (κ3) is 3.35. The number of amides is 1. The lowest BCUT2D eigenvalue weighted by molar-refractivity contribution is 0.102. The lowest BCUT2D eigenvalue weighted by atomic mass is 10.2. The molecule has 1 N–H and O–H groups in total. The second kappa shape index (κ2) is 6.44. The minimum Gasteiger partial charge on any atom is -0.319 e. The predicted octanol–water partition coefficient (Wildman–Crippen LogP) is 3.55. The molecule has 3 rings (SSSR count). The van der Waals surface area contributed by atoms with E-state index in [1.54, 1.807) is 24.7 Å². The van der Waals surface area contributed by atoms with Gasteiger partial charge in [0.05, 0.1) is 23.6 Å². The predicted molar refractivity (Wildman–Crippen MR) is 87.4 cm³/mol. The average Bonchev–Trinajstić information content (AvgIpc) is 2.56. The fraction of sp³-hybridized carbons (Fsp3) is 0. The van der Waals surface area contributed by atoms with Gasteiger partial charge in [-0.1, -0.05) is 30.3 Å². The Labute approximate surface area is 135 Å². The molecule has 3 aromatic rings. The lowest BCUT2D eigenvalue weighted by Crippen LogP contribution is -2.12. The van der Waals surface area contributed by atoms with E-state index in [2.05, 4.69) is 36.2 Å². The minimum atomic E-state index is -0.259. The summed E-state index contributed by atoms with van der Waals surface area (Å²) >= 11 is 3.28. The van der Waals surface area contributed by atoms with Crippen molar-refractivity contribution in [1.29, 1.82) is 0 Å². The molecule has 0 aliphatic heterocycles. The minimum absolute atomic E-state index is 0.259. The average molecular weight is 355 g/mol. The summed E-state index contributed by atoms with van der Waals surface area (Å²) in [6.07, 6.45) is 6.28. The van der Waals surface area contributed by atoms with Crippen LogP contribution >= 0.6 is 15.9 Å².